The molecule has 1 aliphatic carbocycles. The van der Waals surface area contributed by atoms with Crippen molar-refractivity contribution in [1.82, 2.24) is 5.32 Å². The summed E-state index contributed by atoms with van der Waals surface area (Å²) in [6, 6.07) is 7.57. The van der Waals surface area contributed by atoms with Gasteiger partial charge in [-0.05, 0) is 71.0 Å². The van der Waals surface area contributed by atoms with Crippen LogP contribution in [-0.2, 0) is 9.31 Å². The summed E-state index contributed by atoms with van der Waals surface area (Å²) in [5.41, 5.74) is 0.654. The molecule has 0 bridgehead atoms. The van der Waals surface area contributed by atoms with Gasteiger partial charge in [0.2, 0.25) is 0 Å². The molecule has 3 rings (SSSR count). The van der Waals surface area contributed by atoms with Crippen molar-refractivity contribution in [1.29, 1.82) is 0 Å². The molecule has 1 aliphatic heterocycles. The number of hydrogen-bond acceptors (Lipinski definition) is 4. The maximum atomic E-state index is 12.6. The van der Waals surface area contributed by atoms with Crippen LogP contribution in [0.4, 0.5) is 0 Å². The molecule has 1 aromatic rings. The number of benzene rings is 1. The molecule has 1 aromatic carbocycles. The zero-order valence-electron chi connectivity index (χ0n) is 15.5. The Morgan fingerprint density at radius 1 is 1.12 bits per heavy atom. The van der Waals surface area contributed by atoms with E-state index in [4.69, 9.17) is 9.31 Å². The molecule has 2 fully saturated rings. The van der Waals surface area contributed by atoms with Crippen molar-refractivity contribution in [3.63, 3.8) is 0 Å². The van der Waals surface area contributed by atoms with Gasteiger partial charge in [0.25, 0.3) is 5.91 Å². The molecule has 5 nitrogen and oxygen atoms in total. The van der Waals surface area contributed by atoms with Gasteiger partial charge in [0.15, 0.2) is 0 Å². The average molecular weight is 345 g/mol. The number of hydrogen-bond donors (Lipinski definition) is 2. The van der Waals surface area contributed by atoms with Gasteiger partial charge in [-0.25, -0.2) is 0 Å². The van der Waals surface area contributed by atoms with Gasteiger partial charge in [-0.15, -0.1) is 0 Å². The summed E-state index contributed by atoms with van der Waals surface area (Å²) in [7, 11) is -0.470. The van der Waals surface area contributed by atoms with Gasteiger partial charge >= 0.3 is 7.12 Å². The highest BCUT2D eigenvalue weighted by molar-refractivity contribution is 6.62. The van der Waals surface area contributed by atoms with Crippen molar-refractivity contribution in [2.75, 3.05) is 0 Å². The van der Waals surface area contributed by atoms with Crippen LogP contribution in [0.5, 0.6) is 0 Å². The number of carbonyl (C=O) groups is 1. The first kappa shape index (κ1) is 18.4. The molecular weight excluding hydrogens is 317 g/mol. The quantitative estimate of drug-likeness (QED) is 0.823. The summed E-state index contributed by atoms with van der Waals surface area (Å²) >= 11 is 0. The SMILES string of the molecule is CC1(C)OB(c2cccc(C(=O)NC3CCC(O)CC3)c2)OC1(C)C. The van der Waals surface area contributed by atoms with Crippen LogP contribution in [0.15, 0.2) is 24.3 Å². The third-order valence-electron chi connectivity index (χ3n) is 5.71. The molecule has 6 heteroatoms. The Labute approximate surface area is 150 Å². The summed E-state index contributed by atoms with van der Waals surface area (Å²) < 4.78 is 12.1. The predicted molar refractivity (Wildman–Crippen MR) is 97.9 cm³/mol. The maximum Gasteiger partial charge on any atom is 0.494 e. The minimum atomic E-state index is -0.470. The lowest BCUT2D eigenvalue weighted by Crippen LogP contribution is -2.41. The predicted octanol–water partition coefficient (Wildman–Crippen LogP) is 2.02. The molecule has 136 valence electrons. The van der Waals surface area contributed by atoms with E-state index in [0.29, 0.717) is 5.56 Å². The van der Waals surface area contributed by atoms with Crippen LogP contribution in [0.2, 0.25) is 0 Å². The zero-order chi connectivity index (χ0) is 18.2. The largest absolute Gasteiger partial charge is 0.494 e. The van der Waals surface area contributed by atoms with Crippen LogP contribution in [0.1, 0.15) is 63.7 Å². The number of nitrogens with one attached hydrogen (secondary N) is 1. The fourth-order valence-corrected chi connectivity index (χ4v) is 3.29. The van der Waals surface area contributed by atoms with Crippen LogP contribution in [-0.4, -0.2) is 41.5 Å². The molecule has 0 atom stereocenters. The van der Waals surface area contributed by atoms with Crippen molar-refractivity contribution < 1.29 is 19.2 Å². The minimum absolute atomic E-state index is 0.0836. The van der Waals surface area contributed by atoms with Crippen LogP contribution in [0.25, 0.3) is 0 Å². The fourth-order valence-electron chi connectivity index (χ4n) is 3.29. The molecular formula is C19H28BNO4. The molecule has 0 spiro atoms. The highest BCUT2D eigenvalue weighted by Gasteiger charge is 2.51. The molecule has 0 aromatic heterocycles. The Kier molecular flexibility index (Phi) is 4.97. The lowest BCUT2D eigenvalue weighted by Gasteiger charge is -2.32. The highest BCUT2D eigenvalue weighted by Crippen LogP contribution is 2.36. The lowest BCUT2D eigenvalue weighted by atomic mass is 9.78. The molecule has 2 aliphatic rings. The van der Waals surface area contributed by atoms with E-state index in [9.17, 15) is 9.90 Å². The van der Waals surface area contributed by atoms with Crippen molar-refractivity contribution in [3.8, 4) is 0 Å². The standard InChI is InChI=1S/C19H28BNO4/c1-18(2)19(3,4)25-20(24-18)14-7-5-6-13(12-14)17(23)21-15-8-10-16(22)11-9-15/h5-7,12,15-16,22H,8-11H2,1-4H3,(H,21,23). The second-order valence-corrected chi connectivity index (χ2v) is 8.19. The van der Waals surface area contributed by atoms with E-state index in [-0.39, 0.29) is 18.1 Å². The first-order chi connectivity index (χ1) is 11.7. The lowest BCUT2D eigenvalue weighted by molar-refractivity contribution is 0.00578. The molecule has 1 heterocycles. The minimum Gasteiger partial charge on any atom is -0.399 e. The normalized spacial score (nSPS) is 28.0. The summed E-state index contributed by atoms with van der Waals surface area (Å²) in [6.07, 6.45) is 2.92. The smallest absolute Gasteiger partial charge is 0.399 e. The number of aliphatic hydroxyl groups excluding tert-OH is 1. The third-order valence-corrected chi connectivity index (χ3v) is 5.71. The van der Waals surface area contributed by atoms with E-state index in [1.54, 1.807) is 0 Å². The van der Waals surface area contributed by atoms with Crippen LogP contribution >= 0.6 is 0 Å². The molecule has 0 unspecified atom stereocenters. The van der Waals surface area contributed by atoms with Crippen LogP contribution in [0.3, 0.4) is 0 Å². The molecule has 1 amide bonds. The van der Waals surface area contributed by atoms with E-state index < -0.39 is 18.3 Å². The first-order valence-corrected chi connectivity index (χ1v) is 9.12. The van der Waals surface area contributed by atoms with Crippen molar-refractivity contribution in [3.05, 3.63) is 29.8 Å². The maximum absolute atomic E-state index is 12.6. The van der Waals surface area contributed by atoms with E-state index in [2.05, 4.69) is 5.32 Å². The summed E-state index contributed by atoms with van der Waals surface area (Å²) in [5, 5.41) is 12.7. The summed E-state index contributed by atoms with van der Waals surface area (Å²) in [6.45, 7) is 8.06. The Morgan fingerprint density at radius 2 is 1.72 bits per heavy atom. The number of amides is 1. The number of rotatable bonds is 3. The summed E-state index contributed by atoms with van der Waals surface area (Å²) in [5.74, 6) is -0.0836. The van der Waals surface area contributed by atoms with Crippen molar-refractivity contribution in [2.45, 2.75) is 76.7 Å². The van der Waals surface area contributed by atoms with Gasteiger partial charge in [-0.2, -0.15) is 0 Å². The van der Waals surface area contributed by atoms with E-state index >= 15 is 0 Å². The Bertz CT molecular complexity index is 622. The van der Waals surface area contributed by atoms with Gasteiger partial charge in [0.1, 0.15) is 0 Å². The van der Waals surface area contributed by atoms with Crippen LogP contribution < -0.4 is 10.8 Å². The van der Waals surface area contributed by atoms with Gasteiger partial charge in [-0.1, -0.05) is 12.1 Å². The molecule has 2 N–H and O–H groups in total. The number of carbonyl (C=O) groups excluding carboxylic acids is 1. The van der Waals surface area contributed by atoms with Gasteiger partial charge in [0.05, 0.1) is 17.3 Å². The number of aliphatic hydroxyl groups is 1. The Hall–Kier alpha value is -1.37. The van der Waals surface area contributed by atoms with Gasteiger partial charge < -0.3 is 19.7 Å². The molecule has 25 heavy (non-hydrogen) atoms. The van der Waals surface area contributed by atoms with Gasteiger partial charge in [-0.3, -0.25) is 4.79 Å². The molecule has 1 saturated carbocycles. The van der Waals surface area contributed by atoms with E-state index in [1.807, 2.05) is 52.0 Å². The monoisotopic (exact) mass is 345 g/mol. The molecule has 0 radical (unpaired) electrons. The first-order valence-electron chi connectivity index (χ1n) is 9.12. The van der Waals surface area contributed by atoms with E-state index in [1.165, 1.54) is 0 Å². The fraction of sp³-hybridized carbons (Fsp3) is 0.632. The molecule has 1 saturated heterocycles. The third kappa shape index (κ3) is 3.91. The van der Waals surface area contributed by atoms with Crippen molar-refractivity contribution >= 4 is 18.5 Å². The second kappa shape index (κ2) is 6.74. The zero-order valence-corrected chi connectivity index (χ0v) is 15.5. The van der Waals surface area contributed by atoms with Gasteiger partial charge in [0, 0.05) is 11.6 Å². The average Bonchev–Trinajstić information content (AvgIpc) is 2.78. The van der Waals surface area contributed by atoms with E-state index in [0.717, 1.165) is 31.1 Å². The topological polar surface area (TPSA) is 67.8 Å². The second-order valence-electron chi connectivity index (χ2n) is 8.19. The summed E-state index contributed by atoms with van der Waals surface area (Å²) in [4.78, 5) is 12.6. The van der Waals surface area contributed by atoms with Crippen LogP contribution in [0, 0.1) is 0 Å². The van der Waals surface area contributed by atoms with Crippen molar-refractivity contribution in [2.24, 2.45) is 0 Å². The Morgan fingerprint density at radius 3 is 2.32 bits per heavy atom. The highest BCUT2D eigenvalue weighted by atomic mass is 16.7. The Balaban J connectivity index is 1.68.